The summed E-state index contributed by atoms with van der Waals surface area (Å²) in [6.45, 7) is 2.74. The van der Waals surface area contributed by atoms with E-state index < -0.39 is 6.04 Å². The number of carbonyl (C=O) groups excluding carboxylic acids is 2. The highest BCUT2D eigenvalue weighted by Crippen LogP contribution is 2.40. The van der Waals surface area contributed by atoms with Gasteiger partial charge >= 0.3 is 0 Å². The summed E-state index contributed by atoms with van der Waals surface area (Å²) in [5, 5.41) is 9.28. The molecule has 2 amide bonds. The SMILES string of the molecule is C[C@H](N)C(=O)NCCCCNC(=O)c1cc(C2CC2)on1.Cl. The van der Waals surface area contributed by atoms with E-state index in [0.29, 0.717) is 24.7 Å². The molecular weight excluding hydrogens is 308 g/mol. The number of nitrogens with zero attached hydrogens (tertiary/aromatic N) is 1. The van der Waals surface area contributed by atoms with Gasteiger partial charge in [-0.15, -0.1) is 12.4 Å². The van der Waals surface area contributed by atoms with Gasteiger partial charge < -0.3 is 20.9 Å². The minimum absolute atomic E-state index is 0. The van der Waals surface area contributed by atoms with Gasteiger partial charge in [-0.3, -0.25) is 9.59 Å². The molecule has 1 aromatic rings. The largest absolute Gasteiger partial charge is 0.360 e. The average molecular weight is 331 g/mol. The second-order valence-electron chi connectivity index (χ2n) is 5.43. The van der Waals surface area contributed by atoms with Crippen LogP contribution in [0, 0.1) is 0 Å². The lowest BCUT2D eigenvalue weighted by atomic mass is 10.2. The minimum atomic E-state index is -0.488. The molecule has 1 heterocycles. The number of halogens is 1. The molecule has 0 aromatic carbocycles. The van der Waals surface area contributed by atoms with Crippen LogP contribution in [-0.2, 0) is 4.79 Å². The normalized spacial score (nSPS) is 14.8. The Hall–Kier alpha value is -1.60. The second-order valence-corrected chi connectivity index (χ2v) is 5.43. The van der Waals surface area contributed by atoms with Crippen molar-refractivity contribution in [2.45, 2.75) is 44.6 Å². The third kappa shape index (κ3) is 5.65. The third-order valence-corrected chi connectivity index (χ3v) is 3.34. The third-order valence-electron chi connectivity index (χ3n) is 3.34. The molecule has 0 aliphatic heterocycles. The zero-order valence-electron chi connectivity index (χ0n) is 12.6. The van der Waals surface area contributed by atoms with Crippen LogP contribution in [0.15, 0.2) is 10.6 Å². The lowest BCUT2D eigenvalue weighted by Crippen LogP contribution is -2.38. The molecule has 2 rings (SSSR count). The predicted molar refractivity (Wildman–Crippen MR) is 84.0 cm³/mol. The number of amides is 2. The molecule has 0 bridgehead atoms. The lowest BCUT2D eigenvalue weighted by molar-refractivity contribution is -0.121. The fraction of sp³-hybridized carbons (Fsp3) is 0.643. The number of hydrogen-bond acceptors (Lipinski definition) is 5. The van der Waals surface area contributed by atoms with Gasteiger partial charge in [0.1, 0.15) is 5.76 Å². The molecule has 0 radical (unpaired) electrons. The Morgan fingerprint density at radius 1 is 1.36 bits per heavy atom. The molecule has 8 heteroatoms. The summed E-state index contributed by atoms with van der Waals surface area (Å²) >= 11 is 0. The fourth-order valence-electron chi connectivity index (χ4n) is 1.87. The van der Waals surface area contributed by atoms with Crippen LogP contribution in [0.5, 0.6) is 0 Å². The van der Waals surface area contributed by atoms with E-state index in [0.717, 1.165) is 31.4 Å². The summed E-state index contributed by atoms with van der Waals surface area (Å²) in [5.74, 6) is 0.880. The number of aromatic nitrogens is 1. The first-order valence-electron chi connectivity index (χ1n) is 7.36. The number of nitrogens with one attached hydrogen (secondary N) is 2. The van der Waals surface area contributed by atoms with Crippen molar-refractivity contribution in [3.63, 3.8) is 0 Å². The summed E-state index contributed by atoms with van der Waals surface area (Å²) in [6, 6.07) is 1.23. The van der Waals surface area contributed by atoms with Gasteiger partial charge in [0.2, 0.25) is 5.91 Å². The van der Waals surface area contributed by atoms with Crippen LogP contribution in [0.25, 0.3) is 0 Å². The quantitative estimate of drug-likeness (QED) is 0.615. The van der Waals surface area contributed by atoms with E-state index in [2.05, 4.69) is 15.8 Å². The molecule has 0 spiro atoms. The Morgan fingerprint density at radius 3 is 2.59 bits per heavy atom. The number of unbranched alkanes of at least 4 members (excludes halogenated alkanes) is 1. The average Bonchev–Trinajstić information content (AvgIpc) is 3.19. The maximum absolute atomic E-state index is 11.8. The Morgan fingerprint density at radius 2 is 2.00 bits per heavy atom. The van der Waals surface area contributed by atoms with Crippen LogP contribution in [0.3, 0.4) is 0 Å². The van der Waals surface area contributed by atoms with Crippen LogP contribution in [0.4, 0.5) is 0 Å². The van der Waals surface area contributed by atoms with E-state index in [4.69, 9.17) is 10.3 Å². The van der Waals surface area contributed by atoms with E-state index in [9.17, 15) is 9.59 Å². The van der Waals surface area contributed by atoms with Gasteiger partial charge in [0.15, 0.2) is 5.69 Å². The van der Waals surface area contributed by atoms with E-state index in [1.54, 1.807) is 13.0 Å². The molecule has 1 saturated carbocycles. The summed E-state index contributed by atoms with van der Waals surface area (Å²) in [6.07, 6.45) is 3.79. The molecule has 1 aromatic heterocycles. The second kappa shape index (κ2) is 8.75. The first-order chi connectivity index (χ1) is 10.1. The Labute approximate surface area is 135 Å². The summed E-state index contributed by atoms with van der Waals surface area (Å²) in [4.78, 5) is 23.0. The first kappa shape index (κ1) is 18.4. The molecule has 1 aliphatic carbocycles. The zero-order chi connectivity index (χ0) is 15.2. The van der Waals surface area contributed by atoms with E-state index in [1.165, 1.54) is 0 Å². The summed E-state index contributed by atoms with van der Waals surface area (Å²) < 4.78 is 5.13. The molecule has 1 aliphatic rings. The van der Waals surface area contributed by atoms with Crippen LogP contribution < -0.4 is 16.4 Å². The molecule has 1 atom stereocenters. The van der Waals surface area contributed by atoms with Crippen molar-refractivity contribution >= 4 is 24.2 Å². The van der Waals surface area contributed by atoms with E-state index in [1.807, 2.05) is 0 Å². The van der Waals surface area contributed by atoms with Crippen molar-refractivity contribution < 1.29 is 14.1 Å². The molecule has 0 unspecified atom stereocenters. The Bertz CT molecular complexity index is 500. The van der Waals surface area contributed by atoms with Gasteiger partial charge in [-0.25, -0.2) is 0 Å². The van der Waals surface area contributed by atoms with Gasteiger partial charge in [-0.1, -0.05) is 5.16 Å². The maximum Gasteiger partial charge on any atom is 0.273 e. The van der Waals surface area contributed by atoms with Crippen molar-refractivity contribution in [1.82, 2.24) is 15.8 Å². The van der Waals surface area contributed by atoms with Crippen LogP contribution in [0.1, 0.15) is 54.8 Å². The number of hydrogen-bond donors (Lipinski definition) is 3. The number of carbonyl (C=O) groups is 2. The monoisotopic (exact) mass is 330 g/mol. The number of nitrogens with two attached hydrogens (primary N) is 1. The molecule has 22 heavy (non-hydrogen) atoms. The standard InChI is InChI=1S/C14H22N4O3.ClH/c1-9(15)13(19)16-6-2-3-7-17-14(20)11-8-12(21-18-11)10-4-5-10;/h8-10H,2-7,15H2,1H3,(H,16,19)(H,17,20);1H/t9-;/m0./s1. The van der Waals surface area contributed by atoms with Gasteiger partial charge in [-0.2, -0.15) is 0 Å². The maximum atomic E-state index is 11.8. The molecule has 124 valence electrons. The zero-order valence-corrected chi connectivity index (χ0v) is 13.4. The molecule has 7 nitrogen and oxygen atoms in total. The van der Waals surface area contributed by atoms with Crippen LogP contribution in [-0.4, -0.2) is 36.1 Å². The highest BCUT2D eigenvalue weighted by Gasteiger charge is 2.28. The molecular formula is C14H23ClN4O3. The first-order valence-corrected chi connectivity index (χ1v) is 7.36. The van der Waals surface area contributed by atoms with Crippen molar-refractivity contribution in [2.75, 3.05) is 13.1 Å². The predicted octanol–water partition coefficient (Wildman–Crippen LogP) is 0.947. The Balaban J connectivity index is 0.00000242. The molecule has 4 N–H and O–H groups in total. The lowest BCUT2D eigenvalue weighted by Gasteiger charge is -2.07. The summed E-state index contributed by atoms with van der Waals surface area (Å²) in [7, 11) is 0. The number of rotatable bonds is 8. The highest BCUT2D eigenvalue weighted by molar-refractivity contribution is 5.92. The minimum Gasteiger partial charge on any atom is -0.360 e. The molecule has 0 saturated heterocycles. The van der Waals surface area contributed by atoms with Crippen molar-refractivity contribution in [1.29, 1.82) is 0 Å². The summed E-state index contributed by atoms with van der Waals surface area (Å²) in [5.41, 5.74) is 5.76. The van der Waals surface area contributed by atoms with Gasteiger partial charge in [0.05, 0.1) is 6.04 Å². The topological polar surface area (TPSA) is 110 Å². The van der Waals surface area contributed by atoms with Crippen molar-refractivity contribution in [3.05, 3.63) is 17.5 Å². The van der Waals surface area contributed by atoms with Crippen LogP contribution >= 0.6 is 12.4 Å². The van der Waals surface area contributed by atoms with Crippen molar-refractivity contribution in [2.24, 2.45) is 5.73 Å². The van der Waals surface area contributed by atoms with E-state index in [-0.39, 0.29) is 24.2 Å². The molecule has 1 fully saturated rings. The van der Waals surface area contributed by atoms with Gasteiger partial charge in [-0.05, 0) is 32.6 Å². The smallest absolute Gasteiger partial charge is 0.273 e. The van der Waals surface area contributed by atoms with Crippen molar-refractivity contribution in [3.8, 4) is 0 Å². The van der Waals surface area contributed by atoms with Crippen LogP contribution in [0.2, 0.25) is 0 Å². The van der Waals surface area contributed by atoms with Gasteiger partial charge in [0, 0.05) is 25.1 Å². The Kier molecular flexibility index (Phi) is 7.34. The highest BCUT2D eigenvalue weighted by atomic mass is 35.5. The van der Waals surface area contributed by atoms with Gasteiger partial charge in [0.25, 0.3) is 5.91 Å². The fourth-order valence-corrected chi connectivity index (χ4v) is 1.87. The van der Waals surface area contributed by atoms with E-state index >= 15 is 0 Å².